The van der Waals surface area contributed by atoms with E-state index in [1.54, 1.807) is 0 Å². The summed E-state index contributed by atoms with van der Waals surface area (Å²) in [4.78, 5) is 0. The Labute approximate surface area is 90.5 Å². The van der Waals surface area contributed by atoms with Crippen LogP contribution < -0.4 is 5.73 Å². The van der Waals surface area contributed by atoms with Crippen LogP contribution in [0.5, 0.6) is 0 Å². The highest BCUT2D eigenvalue weighted by Crippen LogP contribution is 2.35. The van der Waals surface area contributed by atoms with Crippen molar-refractivity contribution >= 4 is 0 Å². The van der Waals surface area contributed by atoms with E-state index in [2.05, 4.69) is 27.7 Å². The van der Waals surface area contributed by atoms with E-state index < -0.39 is 0 Å². The van der Waals surface area contributed by atoms with Gasteiger partial charge < -0.3 is 5.73 Å². The third-order valence-corrected chi connectivity index (χ3v) is 3.72. The maximum absolute atomic E-state index is 5.96. The zero-order valence-corrected chi connectivity index (χ0v) is 10.6. The van der Waals surface area contributed by atoms with E-state index in [0.29, 0.717) is 5.41 Å². The van der Waals surface area contributed by atoms with Crippen molar-refractivity contribution in [1.29, 1.82) is 0 Å². The lowest BCUT2D eigenvalue weighted by atomic mass is 9.73. The molecular weight excluding hydrogens is 170 g/mol. The first-order valence-corrected chi connectivity index (χ1v) is 6.34. The molecule has 0 amide bonds. The third kappa shape index (κ3) is 4.45. The summed E-state index contributed by atoms with van der Waals surface area (Å²) < 4.78 is 0. The first-order valence-electron chi connectivity index (χ1n) is 6.34. The minimum absolute atomic E-state index is 0.436. The van der Waals surface area contributed by atoms with Crippen LogP contribution >= 0.6 is 0 Å². The summed E-state index contributed by atoms with van der Waals surface area (Å²) in [6.07, 6.45) is 7.79. The van der Waals surface area contributed by atoms with Gasteiger partial charge in [-0.1, -0.05) is 47.0 Å². The normalized spacial score (nSPS) is 17.8. The van der Waals surface area contributed by atoms with E-state index in [9.17, 15) is 0 Å². The van der Waals surface area contributed by atoms with E-state index in [-0.39, 0.29) is 0 Å². The van der Waals surface area contributed by atoms with Crippen molar-refractivity contribution in [1.82, 2.24) is 0 Å². The molecule has 0 rings (SSSR count). The van der Waals surface area contributed by atoms with Crippen LogP contribution in [0, 0.1) is 11.3 Å². The zero-order chi connectivity index (χ0) is 11.0. The van der Waals surface area contributed by atoms with Crippen molar-refractivity contribution in [3.63, 3.8) is 0 Å². The molecule has 2 atom stereocenters. The lowest BCUT2D eigenvalue weighted by molar-refractivity contribution is 0.194. The third-order valence-electron chi connectivity index (χ3n) is 3.72. The fraction of sp³-hybridized carbons (Fsp3) is 1.00. The summed E-state index contributed by atoms with van der Waals surface area (Å²) in [6.45, 7) is 10.1. The molecule has 0 saturated heterocycles. The van der Waals surface area contributed by atoms with Crippen LogP contribution in [0.25, 0.3) is 0 Å². The van der Waals surface area contributed by atoms with Gasteiger partial charge in [-0.25, -0.2) is 0 Å². The minimum Gasteiger partial charge on any atom is -0.330 e. The van der Waals surface area contributed by atoms with E-state index in [0.717, 1.165) is 12.5 Å². The largest absolute Gasteiger partial charge is 0.330 e. The Morgan fingerprint density at radius 2 is 1.86 bits per heavy atom. The van der Waals surface area contributed by atoms with Gasteiger partial charge in [0.1, 0.15) is 0 Å². The first-order chi connectivity index (χ1) is 6.64. The Kier molecular flexibility index (Phi) is 7.26. The molecule has 1 nitrogen and oxygen atoms in total. The van der Waals surface area contributed by atoms with Gasteiger partial charge in [0.2, 0.25) is 0 Å². The molecule has 0 aliphatic carbocycles. The second-order valence-electron chi connectivity index (χ2n) is 4.88. The van der Waals surface area contributed by atoms with Gasteiger partial charge in [-0.15, -0.1) is 0 Å². The molecule has 0 radical (unpaired) electrons. The molecule has 0 heterocycles. The molecule has 86 valence electrons. The van der Waals surface area contributed by atoms with Gasteiger partial charge in [-0.05, 0) is 37.1 Å². The smallest absolute Gasteiger partial charge is 0.00205 e. The number of rotatable bonds is 8. The standard InChI is InChI=1S/C13H29N/c1-5-8-9-13(7-3,11-14)10-12(4)6-2/h12H,5-11,14H2,1-4H3. The summed E-state index contributed by atoms with van der Waals surface area (Å²) in [5.41, 5.74) is 6.40. The minimum atomic E-state index is 0.436. The summed E-state index contributed by atoms with van der Waals surface area (Å²) in [5, 5.41) is 0. The summed E-state index contributed by atoms with van der Waals surface area (Å²) >= 11 is 0. The molecule has 0 aliphatic rings. The summed E-state index contributed by atoms with van der Waals surface area (Å²) in [7, 11) is 0. The molecule has 2 N–H and O–H groups in total. The molecule has 0 aromatic carbocycles. The Morgan fingerprint density at radius 1 is 1.21 bits per heavy atom. The number of hydrogen-bond acceptors (Lipinski definition) is 1. The van der Waals surface area contributed by atoms with Gasteiger partial charge in [0, 0.05) is 0 Å². The van der Waals surface area contributed by atoms with Crippen LogP contribution in [0.1, 0.15) is 66.2 Å². The fourth-order valence-corrected chi connectivity index (χ4v) is 2.19. The number of unbranched alkanes of at least 4 members (excludes halogenated alkanes) is 1. The molecule has 0 fully saturated rings. The van der Waals surface area contributed by atoms with Gasteiger partial charge in [0.05, 0.1) is 0 Å². The number of hydrogen-bond donors (Lipinski definition) is 1. The molecule has 0 aromatic rings. The van der Waals surface area contributed by atoms with Gasteiger partial charge in [-0.3, -0.25) is 0 Å². The lowest BCUT2D eigenvalue weighted by Gasteiger charge is -2.34. The Hall–Kier alpha value is -0.0400. The van der Waals surface area contributed by atoms with Crippen molar-refractivity contribution in [3.05, 3.63) is 0 Å². The SMILES string of the molecule is CCCCC(CC)(CN)CC(C)CC. The molecule has 0 bridgehead atoms. The van der Waals surface area contributed by atoms with E-state index >= 15 is 0 Å². The molecule has 0 aromatic heterocycles. The molecule has 1 heteroatoms. The van der Waals surface area contributed by atoms with Crippen molar-refractivity contribution in [2.75, 3.05) is 6.54 Å². The highest BCUT2D eigenvalue weighted by atomic mass is 14.6. The predicted octanol–water partition coefficient (Wildman–Crippen LogP) is 3.97. The van der Waals surface area contributed by atoms with Crippen LogP contribution in [0.3, 0.4) is 0 Å². The van der Waals surface area contributed by atoms with Crippen LogP contribution in [-0.4, -0.2) is 6.54 Å². The first kappa shape index (κ1) is 14.0. The van der Waals surface area contributed by atoms with Gasteiger partial charge in [0.25, 0.3) is 0 Å². The van der Waals surface area contributed by atoms with Gasteiger partial charge >= 0.3 is 0 Å². The van der Waals surface area contributed by atoms with Crippen molar-refractivity contribution in [2.24, 2.45) is 17.1 Å². The quantitative estimate of drug-likeness (QED) is 0.629. The average molecular weight is 199 g/mol. The monoisotopic (exact) mass is 199 g/mol. The zero-order valence-electron chi connectivity index (χ0n) is 10.6. The highest BCUT2D eigenvalue weighted by molar-refractivity contribution is 4.80. The second-order valence-corrected chi connectivity index (χ2v) is 4.88. The van der Waals surface area contributed by atoms with Crippen molar-refractivity contribution in [3.8, 4) is 0 Å². The van der Waals surface area contributed by atoms with Crippen molar-refractivity contribution < 1.29 is 0 Å². The molecule has 0 saturated carbocycles. The molecule has 14 heavy (non-hydrogen) atoms. The van der Waals surface area contributed by atoms with Gasteiger partial charge in [0.15, 0.2) is 0 Å². The van der Waals surface area contributed by atoms with Crippen LogP contribution in [0.15, 0.2) is 0 Å². The fourth-order valence-electron chi connectivity index (χ4n) is 2.19. The Bertz CT molecular complexity index is 127. The maximum Gasteiger partial charge on any atom is -0.00205 e. The van der Waals surface area contributed by atoms with Crippen LogP contribution in [0.4, 0.5) is 0 Å². The van der Waals surface area contributed by atoms with E-state index in [1.165, 1.54) is 38.5 Å². The van der Waals surface area contributed by atoms with E-state index in [4.69, 9.17) is 5.73 Å². The van der Waals surface area contributed by atoms with Gasteiger partial charge in [-0.2, -0.15) is 0 Å². The molecule has 0 spiro atoms. The predicted molar refractivity (Wildman–Crippen MR) is 65.4 cm³/mol. The second kappa shape index (κ2) is 7.28. The Balaban J connectivity index is 4.20. The Morgan fingerprint density at radius 3 is 2.21 bits per heavy atom. The maximum atomic E-state index is 5.96. The lowest BCUT2D eigenvalue weighted by Crippen LogP contribution is -2.31. The summed E-state index contributed by atoms with van der Waals surface area (Å²) in [6, 6.07) is 0. The number of nitrogens with two attached hydrogens (primary N) is 1. The van der Waals surface area contributed by atoms with Crippen molar-refractivity contribution in [2.45, 2.75) is 66.2 Å². The molecule has 2 unspecified atom stereocenters. The summed E-state index contributed by atoms with van der Waals surface area (Å²) in [5.74, 6) is 0.829. The highest BCUT2D eigenvalue weighted by Gasteiger charge is 2.27. The topological polar surface area (TPSA) is 26.0 Å². The van der Waals surface area contributed by atoms with E-state index in [1.807, 2.05) is 0 Å². The average Bonchev–Trinajstić information content (AvgIpc) is 2.24. The van der Waals surface area contributed by atoms with Crippen LogP contribution in [0.2, 0.25) is 0 Å². The molecule has 0 aliphatic heterocycles. The molecular formula is C13H29N. The van der Waals surface area contributed by atoms with Crippen LogP contribution in [-0.2, 0) is 0 Å².